The fourth-order valence-corrected chi connectivity index (χ4v) is 4.06. The molecule has 1 atom stereocenters. The molecule has 1 fully saturated rings. The quantitative estimate of drug-likeness (QED) is 0.640. The number of hydrogen-bond donors (Lipinski definition) is 2. The molecule has 2 heterocycles. The van der Waals surface area contributed by atoms with E-state index in [2.05, 4.69) is 5.32 Å². The van der Waals surface area contributed by atoms with E-state index in [1.54, 1.807) is 4.90 Å². The zero-order valence-corrected chi connectivity index (χ0v) is 17.3. The number of carbonyl (C=O) groups is 1. The number of anilines is 1. The number of rotatable bonds is 4. The first-order valence-corrected chi connectivity index (χ1v) is 9.85. The van der Waals surface area contributed by atoms with Gasteiger partial charge in [0.15, 0.2) is 11.6 Å². The minimum atomic E-state index is -1.56. The number of hydrogen-bond acceptors (Lipinski definition) is 5. The van der Waals surface area contributed by atoms with Crippen LogP contribution in [0.3, 0.4) is 0 Å². The number of methoxy groups -OCH3 is 1. The molecule has 1 aliphatic heterocycles. The molecule has 1 unspecified atom stereocenters. The number of piperazine rings is 1. The van der Waals surface area contributed by atoms with Gasteiger partial charge >= 0.3 is 5.97 Å². The Morgan fingerprint density at radius 2 is 1.97 bits per heavy atom. The van der Waals surface area contributed by atoms with Gasteiger partial charge in [0.05, 0.1) is 18.2 Å². The van der Waals surface area contributed by atoms with Gasteiger partial charge in [-0.05, 0) is 25.1 Å². The molecule has 1 saturated heterocycles. The number of carboxylic acid groups (broad SMARTS) is 1. The molecule has 4 rings (SSSR count). The van der Waals surface area contributed by atoms with E-state index in [0.717, 1.165) is 29.0 Å². The Morgan fingerprint density at radius 3 is 2.59 bits per heavy atom. The average molecular weight is 447 g/mol. The minimum Gasteiger partial charge on any atom is -0.492 e. The van der Waals surface area contributed by atoms with Gasteiger partial charge in [-0.2, -0.15) is 0 Å². The highest BCUT2D eigenvalue weighted by atomic mass is 19.1. The van der Waals surface area contributed by atoms with E-state index in [-0.39, 0.29) is 34.1 Å². The predicted molar refractivity (Wildman–Crippen MR) is 113 cm³/mol. The highest BCUT2D eigenvalue weighted by Gasteiger charge is 2.28. The van der Waals surface area contributed by atoms with Crippen molar-refractivity contribution in [3.8, 4) is 11.4 Å². The van der Waals surface area contributed by atoms with Gasteiger partial charge in [0.1, 0.15) is 28.4 Å². The predicted octanol–water partition coefficient (Wildman–Crippen LogP) is 2.91. The van der Waals surface area contributed by atoms with E-state index in [1.165, 1.54) is 7.11 Å². The zero-order chi connectivity index (χ0) is 23.2. The summed E-state index contributed by atoms with van der Waals surface area (Å²) in [6, 6.07) is 3.73. The summed E-state index contributed by atoms with van der Waals surface area (Å²) in [5.41, 5.74) is -1.79. The van der Waals surface area contributed by atoms with Crippen molar-refractivity contribution in [2.75, 3.05) is 31.6 Å². The molecule has 0 radical (unpaired) electrons. The molecule has 0 saturated carbocycles. The molecule has 168 valence electrons. The van der Waals surface area contributed by atoms with Crippen LogP contribution in [0.2, 0.25) is 0 Å². The third-order valence-corrected chi connectivity index (χ3v) is 5.46. The van der Waals surface area contributed by atoms with Crippen molar-refractivity contribution >= 4 is 22.6 Å². The second kappa shape index (κ2) is 8.19. The summed E-state index contributed by atoms with van der Waals surface area (Å²) in [4.78, 5) is 26.3. The topological polar surface area (TPSA) is 83.8 Å². The third kappa shape index (κ3) is 3.56. The Kier molecular flexibility index (Phi) is 5.55. The summed E-state index contributed by atoms with van der Waals surface area (Å²) < 4.78 is 50.1. The standard InChI is InChI=1S/C22H20F3N3O4/c1-11-9-27(6-5-26-11)19-16(25)8-13-18(21(19)32-2)28(10-14(20(13)29)22(30)31)17-4-3-12(23)7-15(17)24/h3-4,7-8,10-11,26H,5-6,9H2,1-2H3,(H,30,31). The molecule has 0 spiro atoms. The van der Waals surface area contributed by atoms with Gasteiger partial charge in [0.2, 0.25) is 5.43 Å². The van der Waals surface area contributed by atoms with Gasteiger partial charge < -0.3 is 24.6 Å². The molecule has 0 bridgehead atoms. The highest BCUT2D eigenvalue weighted by molar-refractivity contribution is 5.97. The van der Waals surface area contributed by atoms with Crippen LogP contribution in [0.5, 0.6) is 5.75 Å². The summed E-state index contributed by atoms with van der Waals surface area (Å²) in [7, 11) is 1.28. The number of carboxylic acids is 1. The maximum atomic E-state index is 15.3. The number of aromatic nitrogens is 1. The van der Waals surface area contributed by atoms with E-state index in [4.69, 9.17) is 4.74 Å². The van der Waals surface area contributed by atoms with Crippen LogP contribution in [0, 0.1) is 17.5 Å². The molecule has 2 aromatic carbocycles. The number of aromatic carboxylic acids is 1. The first-order chi connectivity index (χ1) is 15.2. The maximum absolute atomic E-state index is 15.3. The third-order valence-electron chi connectivity index (χ3n) is 5.46. The summed E-state index contributed by atoms with van der Waals surface area (Å²) in [5, 5.41) is 12.4. The molecule has 3 aromatic rings. The molecule has 1 aromatic heterocycles. The first-order valence-electron chi connectivity index (χ1n) is 9.85. The van der Waals surface area contributed by atoms with E-state index in [0.29, 0.717) is 25.7 Å². The normalized spacial score (nSPS) is 16.4. The molecule has 32 heavy (non-hydrogen) atoms. The smallest absolute Gasteiger partial charge is 0.341 e. The molecule has 10 heteroatoms. The Hall–Kier alpha value is -3.53. The Labute approximate surface area is 180 Å². The van der Waals surface area contributed by atoms with E-state index < -0.39 is 34.4 Å². The fraction of sp³-hybridized carbons (Fsp3) is 0.273. The number of pyridine rings is 1. The van der Waals surface area contributed by atoms with Crippen molar-refractivity contribution in [1.29, 1.82) is 0 Å². The number of ether oxygens (including phenoxy) is 1. The van der Waals surface area contributed by atoms with Crippen LogP contribution in [0.25, 0.3) is 16.6 Å². The van der Waals surface area contributed by atoms with E-state index >= 15 is 4.39 Å². The van der Waals surface area contributed by atoms with Gasteiger partial charge in [0, 0.05) is 37.9 Å². The van der Waals surface area contributed by atoms with Crippen LogP contribution in [0.15, 0.2) is 35.3 Å². The second-order valence-corrected chi connectivity index (χ2v) is 7.58. The number of halogens is 3. The zero-order valence-electron chi connectivity index (χ0n) is 17.3. The Morgan fingerprint density at radius 1 is 1.22 bits per heavy atom. The summed E-state index contributed by atoms with van der Waals surface area (Å²) in [6.45, 7) is 3.41. The molecule has 7 nitrogen and oxygen atoms in total. The lowest BCUT2D eigenvalue weighted by atomic mass is 10.1. The van der Waals surface area contributed by atoms with Crippen molar-refractivity contribution in [3.63, 3.8) is 0 Å². The minimum absolute atomic E-state index is 0.0180. The van der Waals surface area contributed by atoms with Gasteiger partial charge in [0.25, 0.3) is 0 Å². The highest BCUT2D eigenvalue weighted by Crippen LogP contribution is 2.39. The van der Waals surface area contributed by atoms with Crippen molar-refractivity contribution in [3.05, 3.63) is 63.7 Å². The summed E-state index contributed by atoms with van der Waals surface area (Å²) in [5.74, 6) is -4.20. The Bertz CT molecular complexity index is 1290. The molecular formula is C22H20F3N3O4. The average Bonchev–Trinajstić information content (AvgIpc) is 2.73. The number of fused-ring (bicyclic) bond motifs is 1. The second-order valence-electron chi connectivity index (χ2n) is 7.58. The SMILES string of the molecule is COc1c(N2CCNC(C)C2)c(F)cc2c(=O)c(C(=O)O)cn(-c3ccc(F)cc3F)c12. The van der Waals surface area contributed by atoms with Gasteiger partial charge in [-0.1, -0.05) is 0 Å². The lowest BCUT2D eigenvalue weighted by Crippen LogP contribution is -2.49. The number of nitrogens with zero attached hydrogens (tertiary/aromatic N) is 2. The van der Waals surface area contributed by atoms with E-state index in [1.807, 2.05) is 6.92 Å². The largest absolute Gasteiger partial charge is 0.492 e. The lowest BCUT2D eigenvalue weighted by Gasteiger charge is -2.35. The Balaban J connectivity index is 2.13. The van der Waals surface area contributed by atoms with Crippen molar-refractivity contribution < 1.29 is 27.8 Å². The number of nitrogens with one attached hydrogen (secondary N) is 1. The van der Waals surface area contributed by atoms with Crippen molar-refractivity contribution in [2.45, 2.75) is 13.0 Å². The van der Waals surface area contributed by atoms with Gasteiger partial charge in [-0.25, -0.2) is 18.0 Å². The fourth-order valence-electron chi connectivity index (χ4n) is 4.06. The molecule has 0 aliphatic carbocycles. The lowest BCUT2D eigenvalue weighted by molar-refractivity contribution is 0.0695. The van der Waals surface area contributed by atoms with Crippen molar-refractivity contribution in [2.24, 2.45) is 0 Å². The summed E-state index contributed by atoms with van der Waals surface area (Å²) >= 11 is 0. The molecule has 0 amide bonds. The summed E-state index contributed by atoms with van der Waals surface area (Å²) in [6.07, 6.45) is 0.938. The van der Waals surface area contributed by atoms with Crippen molar-refractivity contribution in [1.82, 2.24) is 9.88 Å². The number of benzene rings is 2. The van der Waals surface area contributed by atoms with Crippen LogP contribution in [0.4, 0.5) is 18.9 Å². The van der Waals surface area contributed by atoms with Gasteiger partial charge in [-0.15, -0.1) is 0 Å². The van der Waals surface area contributed by atoms with Crippen LogP contribution >= 0.6 is 0 Å². The molecular weight excluding hydrogens is 427 g/mol. The van der Waals surface area contributed by atoms with Gasteiger partial charge in [-0.3, -0.25) is 4.79 Å². The van der Waals surface area contributed by atoms with Crippen LogP contribution in [-0.4, -0.2) is 48.4 Å². The molecule has 1 aliphatic rings. The first kappa shape index (κ1) is 21.7. The van der Waals surface area contributed by atoms with Crippen LogP contribution in [0.1, 0.15) is 17.3 Å². The van der Waals surface area contributed by atoms with Crippen LogP contribution < -0.4 is 20.4 Å². The molecule has 2 N–H and O–H groups in total. The van der Waals surface area contributed by atoms with E-state index in [9.17, 15) is 23.5 Å². The monoisotopic (exact) mass is 447 g/mol. The maximum Gasteiger partial charge on any atom is 0.341 e. The van der Waals surface area contributed by atoms with Crippen LogP contribution in [-0.2, 0) is 0 Å².